The van der Waals surface area contributed by atoms with E-state index in [0.717, 1.165) is 24.6 Å². The van der Waals surface area contributed by atoms with Crippen LogP contribution in [0.2, 0.25) is 0 Å². The van der Waals surface area contributed by atoms with Crippen molar-refractivity contribution in [1.29, 1.82) is 0 Å². The third-order valence-electron chi connectivity index (χ3n) is 3.38. The summed E-state index contributed by atoms with van der Waals surface area (Å²) in [5.41, 5.74) is 1.66. The van der Waals surface area contributed by atoms with Crippen molar-refractivity contribution >= 4 is 18.5 Å². The lowest BCUT2D eigenvalue weighted by atomic mass is 9.95. The van der Waals surface area contributed by atoms with E-state index in [1.165, 1.54) is 18.4 Å². The predicted molar refractivity (Wildman–Crippen MR) is 55.6 cm³/mol. The van der Waals surface area contributed by atoms with Gasteiger partial charge in [0.15, 0.2) is 5.88 Å². The van der Waals surface area contributed by atoms with Crippen LogP contribution in [0.1, 0.15) is 18.4 Å². The number of anilines is 1. The zero-order chi connectivity index (χ0) is 8.89. The van der Waals surface area contributed by atoms with E-state index in [1.807, 2.05) is 0 Å². The molecule has 2 nitrogen and oxygen atoms in total. The predicted octanol–water partition coefficient (Wildman–Crippen LogP) is 2.10. The highest BCUT2D eigenvalue weighted by atomic mass is 32.1. The Labute approximate surface area is 83.3 Å². The van der Waals surface area contributed by atoms with Crippen LogP contribution in [0.5, 0.6) is 0 Å². The zero-order valence-electron chi connectivity index (χ0n) is 7.49. The van der Waals surface area contributed by atoms with E-state index in [1.54, 1.807) is 6.26 Å². The van der Waals surface area contributed by atoms with Gasteiger partial charge in [0.2, 0.25) is 0 Å². The molecular formula is C10H13NOS. The maximum atomic E-state index is 5.51. The molecule has 1 aromatic rings. The molecule has 0 bridgehead atoms. The maximum absolute atomic E-state index is 5.51. The molecule has 0 radical (unpaired) electrons. The largest absolute Gasteiger partial charge is 0.449 e. The fourth-order valence-corrected chi connectivity index (χ4v) is 3.15. The summed E-state index contributed by atoms with van der Waals surface area (Å²) in [6.45, 7) is 1.14. The average Bonchev–Trinajstić information content (AvgIpc) is 2.72. The van der Waals surface area contributed by atoms with Crippen LogP contribution in [0.15, 0.2) is 16.7 Å². The Morgan fingerprint density at radius 2 is 2.54 bits per heavy atom. The van der Waals surface area contributed by atoms with Crippen LogP contribution in [-0.4, -0.2) is 17.8 Å². The lowest BCUT2D eigenvalue weighted by Crippen LogP contribution is -2.43. The molecule has 2 aliphatic rings. The minimum Gasteiger partial charge on any atom is -0.449 e. The first-order valence-electron chi connectivity index (χ1n) is 4.81. The average molecular weight is 195 g/mol. The zero-order valence-corrected chi connectivity index (χ0v) is 8.39. The summed E-state index contributed by atoms with van der Waals surface area (Å²) in [6, 6.07) is 2.10. The number of thiol groups is 1. The summed E-state index contributed by atoms with van der Waals surface area (Å²) in [5.74, 6) is 2.04. The second kappa shape index (κ2) is 2.47. The lowest BCUT2D eigenvalue weighted by Gasteiger charge is -2.31. The van der Waals surface area contributed by atoms with Crippen molar-refractivity contribution in [3.8, 4) is 0 Å². The summed E-state index contributed by atoms with van der Waals surface area (Å²) in [5, 5.41) is 0. The lowest BCUT2D eigenvalue weighted by molar-refractivity contribution is 0.472. The number of nitrogens with zero attached hydrogens (tertiary/aromatic N) is 1. The topological polar surface area (TPSA) is 16.4 Å². The Morgan fingerprint density at radius 3 is 3.38 bits per heavy atom. The molecule has 1 atom stereocenters. The maximum Gasteiger partial charge on any atom is 0.199 e. The molecule has 0 N–H and O–H groups in total. The van der Waals surface area contributed by atoms with Crippen molar-refractivity contribution in [2.24, 2.45) is 0 Å². The highest BCUT2D eigenvalue weighted by Gasteiger charge is 2.47. The molecule has 2 aliphatic heterocycles. The van der Waals surface area contributed by atoms with Gasteiger partial charge in [0.25, 0.3) is 0 Å². The van der Waals surface area contributed by atoms with Gasteiger partial charge >= 0.3 is 0 Å². The molecule has 3 heterocycles. The van der Waals surface area contributed by atoms with Gasteiger partial charge in [-0.15, -0.1) is 0 Å². The highest BCUT2D eigenvalue weighted by molar-refractivity contribution is 7.80. The number of rotatable bonds is 1. The first-order valence-corrected chi connectivity index (χ1v) is 5.44. The summed E-state index contributed by atoms with van der Waals surface area (Å²) in [6.07, 6.45) is 5.47. The van der Waals surface area contributed by atoms with E-state index in [4.69, 9.17) is 4.42 Å². The van der Waals surface area contributed by atoms with E-state index in [-0.39, 0.29) is 0 Å². The van der Waals surface area contributed by atoms with Crippen LogP contribution in [-0.2, 0) is 6.42 Å². The quantitative estimate of drug-likeness (QED) is 0.691. The van der Waals surface area contributed by atoms with Gasteiger partial charge in [-0.1, -0.05) is 0 Å². The first kappa shape index (κ1) is 7.80. The molecule has 1 saturated heterocycles. The molecule has 13 heavy (non-hydrogen) atoms. The highest BCUT2D eigenvalue weighted by Crippen LogP contribution is 2.46. The van der Waals surface area contributed by atoms with Gasteiger partial charge in [0.05, 0.1) is 11.8 Å². The smallest absolute Gasteiger partial charge is 0.199 e. The Balaban J connectivity index is 2.07. The van der Waals surface area contributed by atoms with Gasteiger partial charge < -0.3 is 9.32 Å². The standard InChI is InChI=1S/C10H13NOS/c13-7-10-3-1-4-11(10)9-8(6-10)2-5-12-9/h2,5,13H,1,3-4,6-7H2. The molecule has 0 saturated carbocycles. The van der Waals surface area contributed by atoms with Gasteiger partial charge in [-0.3, -0.25) is 0 Å². The molecule has 1 unspecified atom stereocenters. The van der Waals surface area contributed by atoms with Crippen molar-refractivity contribution in [3.63, 3.8) is 0 Å². The normalized spacial score (nSPS) is 30.7. The molecule has 0 amide bonds. The van der Waals surface area contributed by atoms with Crippen molar-refractivity contribution in [2.45, 2.75) is 24.8 Å². The summed E-state index contributed by atoms with van der Waals surface area (Å²) in [4.78, 5) is 2.41. The molecule has 3 heteroatoms. The summed E-state index contributed by atoms with van der Waals surface area (Å²) < 4.78 is 5.51. The molecule has 0 aliphatic carbocycles. The number of fused-ring (bicyclic) bond motifs is 3. The van der Waals surface area contributed by atoms with Gasteiger partial charge in [-0.05, 0) is 18.9 Å². The van der Waals surface area contributed by atoms with Gasteiger partial charge in [0.1, 0.15) is 0 Å². The first-order chi connectivity index (χ1) is 6.36. The summed E-state index contributed by atoms with van der Waals surface area (Å²) >= 11 is 4.48. The minimum absolute atomic E-state index is 0.290. The Bertz CT molecular complexity index is 335. The molecule has 1 aromatic heterocycles. The summed E-state index contributed by atoms with van der Waals surface area (Å²) in [7, 11) is 0. The van der Waals surface area contributed by atoms with Crippen molar-refractivity contribution < 1.29 is 4.42 Å². The third kappa shape index (κ3) is 0.857. The van der Waals surface area contributed by atoms with Gasteiger partial charge in [0, 0.05) is 24.3 Å². The second-order valence-electron chi connectivity index (χ2n) is 4.07. The Morgan fingerprint density at radius 1 is 1.62 bits per heavy atom. The molecular weight excluding hydrogens is 182 g/mol. The van der Waals surface area contributed by atoms with E-state index in [2.05, 4.69) is 23.6 Å². The van der Waals surface area contributed by atoms with Crippen LogP contribution >= 0.6 is 12.6 Å². The molecule has 1 fully saturated rings. The Kier molecular flexibility index (Phi) is 1.48. The van der Waals surface area contributed by atoms with Gasteiger partial charge in [-0.25, -0.2) is 0 Å². The third-order valence-corrected chi connectivity index (χ3v) is 3.97. The fourth-order valence-electron chi connectivity index (χ4n) is 2.71. The number of furan rings is 1. The van der Waals surface area contributed by atoms with E-state index in [9.17, 15) is 0 Å². The van der Waals surface area contributed by atoms with Crippen molar-refractivity contribution in [3.05, 3.63) is 17.9 Å². The second-order valence-corrected chi connectivity index (χ2v) is 4.38. The van der Waals surface area contributed by atoms with Crippen LogP contribution in [0.4, 0.5) is 5.88 Å². The minimum atomic E-state index is 0.290. The van der Waals surface area contributed by atoms with Crippen LogP contribution in [0.25, 0.3) is 0 Å². The van der Waals surface area contributed by atoms with Crippen molar-refractivity contribution in [1.82, 2.24) is 0 Å². The monoisotopic (exact) mass is 195 g/mol. The fraction of sp³-hybridized carbons (Fsp3) is 0.600. The van der Waals surface area contributed by atoms with E-state index >= 15 is 0 Å². The van der Waals surface area contributed by atoms with Crippen LogP contribution in [0.3, 0.4) is 0 Å². The van der Waals surface area contributed by atoms with E-state index < -0.39 is 0 Å². The van der Waals surface area contributed by atoms with Crippen molar-refractivity contribution in [2.75, 3.05) is 17.2 Å². The molecule has 70 valence electrons. The van der Waals surface area contributed by atoms with E-state index in [0.29, 0.717) is 5.54 Å². The van der Waals surface area contributed by atoms with Crippen LogP contribution in [0, 0.1) is 0 Å². The SMILES string of the molecule is SCC12CCCN1c1occc1C2. The molecule has 0 spiro atoms. The molecule has 3 rings (SSSR count). The Hall–Kier alpha value is -0.570. The van der Waals surface area contributed by atoms with Crippen LogP contribution < -0.4 is 4.90 Å². The molecule has 0 aromatic carbocycles. The number of hydrogen-bond donors (Lipinski definition) is 1. The van der Waals surface area contributed by atoms with Gasteiger partial charge in [-0.2, -0.15) is 12.6 Å². The number of hydrogen-bond acceptors (Lipinski definition) is 3.